The van der Waals surface area contributed by atoms with Crippen molar-refractivity contribution in [3.05, 3.63) is 94.3 Å². The van der Waals surface area contributed by atoms with Crippen molar-refractivity contribution in [2.75, 3.05) is 26.7 Å². The first-order valence-electron chi connectivity index (χ1n) is 12.3. The number of hydrogen-bond acceptors (Lipinski definition) is 4. The van der Waals surface area contributed by atoms with Gasteiger partial charge in [-0.1, -0.05) is 36.4 Å². The number of methoxy groups -OCH3 is 1. The molecule has 0 unspecified atom stereocenters. The minimum Gasteiger partial charge on any atom is -0.496 e. The third kappa shape index (κ3) is 4.65. The summed E-state index contributed by atoms with van der Waals surface area (Å²) in [7, 11) is 1.58. The highest BCUT2D eigenvalue weighted by Gasteiger charge is 2.31. The van der Waals surface area contributed by atoms with E-state index in [0.717, 1.165) is 37.2 Å². The molecule has 1 aromatic heterocycles. The fourth-order valence-corrected chi connectivity index (χ4v) is 5.26. The van der Waals surface area contributed by atoms with Crippen LogP contribution in [0.15, 0.2) is 60.7 Å². The van der Waals surface area contributed by atoms with Crippen molar-refractivity contribution in [1.29, 1.82) is 0 Å². The number of pyridine rings is 1. The van der Waals surface area contributed by atoms with Crippen LogP contribution in [0, 0.1) is 6.92 Å². The minimum absolute atomic E-state index is 0.0126. The number of piperidine rings is 1. The molecule has 0 N–H and O–H groups in total. The van der Waals surface area contributed by atoms with Crippen LogP contribution in [-0.2, 0) is 13.0 Å². The molecular weight excluding hydrogens is 438 g/mol. The summed E-state index contributed by atoms with van der Waals surface area (Å²) in [6.07, 6.45) is 2.43. The second-order valence-electron chi connectivity index (χ2n) is 9.40. The molecule has 2 aromatic carbocycles. The van der Waals surface area contributed by atoms with Gasteiger partial charge >= 0.3 is 0 Å². The van der Waals surface area contributed by atoms with Crippen molar-refractivity contribution in [1.82, 2.24) is 14.8 Å². The summed E-state index contributed by atoms with van der Waals surface area (Å²) >= 11 is 0. The molecule has 2 aliphatic rings. The number of fused-ring (bicyclic) bond motifs is 1. The van der Waals surface area contributed by atoms with Crippen LogP contribution < -0.4 is 4.74 Å². The van der Waals surface area contributed by atoms with Gasteiger partial charge in [-0.3, -0.25) is 14.6 Å². The van der Waals surface area contributed by atoms with E-state index in [4.69, 9.17) is 9.72 Å². The molecule has 1 saturated heterocycles. The Balaban J connectivity index is 1.32. The van der Waals surface area contributed by atoms with Crippen LogP contribution in [0.2, 0.25) is 0 Å². The fraction of sp³-hybridized carbons (Fsp3) is 0.345. The van der Waals surface area contributed by atoms with Gasteiger partial charge in [0.05, 0.1) is 23.9 Å². The lowest BCUT2D eigenvalue weighted by atomic mass is 9.89. The Morgan fingerprint density at radius 1 is 0.829 bits per heavy atom. The van der Waals surface area contributed by atoms with E-state index >= 15 is 0 Å². The maximum atomic E-state index is 13.6. The molecule has 6 nitrogen and oxygen atoms in total. The maximum Gasteiger partial charge on any atom is 0.257 e. The Hall–Kier alpha value is -3.67. The van der Waals surface area contributed by atoms with E-state index in [2.05, 4.69) is 18.2 Å². The average molecular weight is 470 g/mol. The molecule has 0 radical (unpaired) electrons. The van der Waals surface area contributed by atoms with Crippen LogP contribution in [-0.4, -0.2) is 53.3 Å². The topological polar surface area (TPSA) is 62.7 Å². The summed E-state index contributed by atoms with van der Waals surface area (Å²) in [5.74, 6) is 0.777. The summed E-state index contributed by atoms with van der Waals surface area (Å²) in [6, 6.07) is 19.6. The summed E-state index contributed by atoms with van der Waals surface area (Å²) in [5, 5.41) is 0. The Morgan fingerprint density at radius 3 is 2.29 bits per heavy atom. The number of aryl methyl sites for hydroxylation is 1. The fourth-order valence-electron chi connectivity index (χ4n) is 5.26. The van der Waals surface area contributed by atoms with E-state index in [0.29, 0.717) is 36.5 Å². The number of hydrogen-bond donors (Lipinski definition) is 0. The first kappa shape index (κ1) is 23.1. The molecule has 0 saturated carbocycles. The van der Waals surface area contributed by atoms with Gasteiger partial charge in [0.2, 0.25) is 0 Å². The van der Waals surface area contributed by atoms with Gasteiger partial charge in [-0.15, -0.1) is 0 Å². The number of likely N-dealkylation sites (tertiary alicyclic amines) is 1. The van der Waals surface area contributed by atoms with Crippen LogP contribution in [0.1, 0.15) is 62.0 Å². The molecule has 5 rings (SSSR count). The number of amides is 2. The van der Waals surface area contributed by atoms with Crippen molar-refractivity contribution in [3.63, 3.8) is 0 Å². The van der Waals surface area contributed by atoms with Crippen LogP contribution >= 0.6 is 0 Å². The Morgan fingerprint density at radius 2 is 1.51 bits per heavy atom. The van der Waals surface area contributed by atoms with Gasteiger partial charge in [0.15, 0.2) is 0 Å². The molecule has 0 atom stereocenters. The van der Waals surface area contributed by atoms with Gasteiger partial charge in [0, 0.05) is 37.8 Å². The first-order chi connectivity index (χ1) is 17.0. The molecule has 2 aliphatic heterocycles. The summed E-state index contributed by atoms with van der Waals surface area (Å²) in [4.78, 5) is 35.4. The second-order valence-corrected chi connectivity index (χ2v) is 9.40. The Kier molecular flexibility index (Phi) is 6.53. The molecule has 0 spiro atoms. The van der Waals surface area contributed by atoms with Crippen molar-refractivity contribution < 1.29 is 14.3 Å². The SMILES string of the molecule is COc1ccccc1C(=O)N1CCC(c2nc(C)ccc2C(=O)N2CCc3ccccc3C2)CC1. The Labute approximate surface area is 206 Å². The number of ether oxygens (including phenoxy) is 1. The molecule has 2 amide bonds. The highest BCUT2D eigenvalue weighted by atomic mass is 16.5. The maximum absolute atomic E-state index is 13.6. The molecule has 180 valence electrons. The standard InChI is InChI=1S/C29H31N3O3/c1-20-11-12-25(29(34)32-18-13-21-7-3-4-8-23(21)19-32)27(30-20)22-14-16-31(17-15-22)28(33)24-9-5-6-10-26(24)35-2/h3-12,22H,13-19H2,1-2H3. The number of para-hydroxylation sites is 1. The summed E-state index contributed by atoms with van der Waals surface area (Å²) in [6.45, 7) is 4.57. The van der Waals surface area contributed by atoms with Crippen LogP contribution in [0.4, 0.5) is 0 Å². The zero-order chi connectivity index (χ0) is 24.4. The molecule has 1 fully saturated rings. The minimum atomic E-state index is -0.0126. The van der Waals surface area contributed by atoms with Crippen LogP contribution in [0.5, 0.6) is 5.75 Å². The molecule has 3 aromatic rings. The highest BCUT2D eigenvalue weighted by Crippen LogP contribution is 2.32. The van der Waals surface area contributed by atoms with Crippen molar-refractivity contribution in [2.24, 2.45) is 0 Å². The lowest BCUT2D eigenvalue weighted by molar-refractivity contribution is 0.0696. The monoisotopic (exact) mass is 469 g/mol. The van der Waals surface area contributed by atoms with Crippen LogP contribution in [0.3, 0.4) is 0 Å². The predicted octanol–water partition coefficient (Wildman–Crippen LogP) is 4.62. The molecule has 6 heteroatoms. The van der Waals surface area contributed by atoms with Crippen LogP contribution in [0.25, 0.3) is 0 Å². The van der Waals surface area contributed by atoms with Gasteiger partial charge in [-0.05, 0) is 61.6 Å². The average Bonchev–Trinajstić information content (AvgIpc) is 2.92. The number of rotatable bonds is 4. The van der Waals surface area contributed by atoms with E-state index < -0.39 is 0 Å². The molecule has 0 bridgehead atoms. The molecular formula is C29H31N3O3. The first-order valence-corrected chi connectivity index (χ1v) is 12.3. The van der Waals surface area contributed by atoms with E-state index in [-0.39, 0.29) is 17.7 Å². The number of benzene rings is 2. The number of nitrogens with zero attached hydrogens (tertiary/aromatic N) is 3. The lowest BCUT2D eigenvalue weighted by Gasteiger charge is -2.34. The zero-order valence-electron chi connectivity index (χ0n) is 20.4. The zero-order valence-corrected chi connectivity index (χ0v) is 20.4. The van der Waals surface area contributed by atoms with Gasteiger partial charge in [-0.25, -0.2) is 0 Å². The highest BCUT2D eigenvalue weighted by molar-refractivity contribution is 5.97. The normalized spacial score (nSPS) is 16.1. The predicted molar refractivity (Wildman–Crippen MR) is 135 cm³/mol. The van der Waals surface area contributed by atoms with Gasteiger partial charge in [0.25, 0.3) is 11.8 Å². The number of carbonyl (C=O) groups is 2. The summed E-state index contributed by atoms with van der Waals surface area (Å²) < 4.78 is 5.38. The van der Waals surface area contributed by atoms with Gasteiger partial charge in [-0.2, -0.15) is 0 Å². The third-order valence-electron chi connectivity index (χ3n) is 7.22. The van der Waals surface area contributed by atoms with E-state index in [1.807, 2.05) is 59.2 Å². The lowest BCUT2D eigenvalue weighted by Crippen LogP contribution is -2.39. The van der Waals surface area contributed by atoms with Gasteiger partial charge in [0.1, 0.15) is 5.75 Å². The molecule has 3 heterocycles. The molecule has 35 heavy (non-hydrogen) atoms. The van der Waals surface area contributed by atoms with Crippen molar-refractivity contribution >= 4 is 11.8 Å². The van der Waals surface area contributed by atoms with Crippen molar-refractivity contribution in [2.45, 2.75) is 38.6 Å². The van der Waals surface area contributed by atoms with Crippen molar-refractivity contribution in [3.8, 4) is 5.75 Å². The largest absolute Gasteiger partial charge is 0.496 e. The number of carbonyl (C=O) groups excluding carboxylic acids is 2. The quantitative estimate of drug-likeness (QED) is 0.560. The molecule has 0 aliphatic carbocycles. The smallest absolute Gasteiger partial charge is 0.257 e. The number of aromatic nitrogens is 1. The van der Waals surface area contributed by atoms with E-state index in [1.54, 1.807) is 7.11 Å². The second kappa shape index (κ2) is 9.90. The van der Waals surface area contributed by atoms with E-state index in [9.17, 15) is 9.59 Å². The third-order valence-corrected chi connectivity index (χ3v) is 7.22. The van der Waals surface area contributed by atoms with Gasteiger partial charge < -0.3 is 14.5 Å². The summed E-state index contributed by atoms with van der Waals surface area (Å²) in [5.41, 5.74) is 5.61. The Bertz CT molecular complexity index is 1250. The van der Waals surface area contributed by atoms with E-state index in [1.165, 1.54) is 11.1 Å².